The number of hydrogen-bond acceptors (Lipinski definition) is 1. The molecule has 5 rings (SSSR count). The number of benzene rings is 4. The van der Waals surface area contributed by atoms with Crippen LogP contribution in [0, 0.1) is 13.8 Å². The first kappa shape index (κ1) is 36.0. The lowest BCUT2D eigenvalue weighted by atomic mass is 9.70. The number of unbranched alkanes of at least 4 members (excludes halogenated alkanes) is 10. The van der Waals surface area contributed by atoms with Crippen molar-refractivity contribution in [3.63, 3.8) is 0 Å². The summed E-state index contributed by atoms with van der Waals surface area (Å²) in [7, 11) is 0. The van der Waals surface area contributed by atoms with E-state index in [1.807, 2.05) is 0 Å². The molecule has 1 atom stereocenters. The van der Waals surface area contributed by atoms with Crippen LogP contribution < -0.4 is 4.90 Å². The first-order valence-electron chi connectivity index (χ1n) is 19.6. The van der Waals surface area contributed by atoms with Gasteiger partial charge >= 0.3 is 0 Å². The van der Waals surface area contributed by atoms with Gasteiger partial charge in [-0.1, -0.05) is 164 Å². The van der Waals surface area contributed by atoms with Gasteiger partial charge in [0.1, 0.15) is 0 Å². The third-order valence-electron chi connectivity index (χ3n) is 11.3. The van der Waals surface area contributed by atoms with Crippen molar-refractivity contribution in [1.82, 2.24) is 0 Å². The molecule has 1 unspecified atom stereocenters. The van der Waals surface area contributed by atoms with Gasteiger partial charge in [0.2, 0.25) is 0 Å². The molecule has 0 aromatic heterocycles. The van der Waals surface area contributed by atoms with E-state index in [4.69, 9.17) is 0 Å². The summed E-state index contributed by atoms with van der Waals surface area (Å²) in [5.41, 5.74) is 14.0. The summed E-state index contributed by atoms with van der Waals surface area (Å²) >= 11 is 0. The van der Waals surface area contributed by atoms with E-state index in [0.29, 0.717) is 5.92 Å². The zero-order chi connectivity index (χ0) is 33.9. The van der Waals surface area contributed by atoms with Crippen LogP contribution >= 0.6 is 0 Å². The van der Waals surface area contributed by atoms with Crippen molar-refractivity contribution in [2.45, 2.75) is 149 Å². The lowest BCUT2D eigenvalue weighted by molar-refractivity contribution is 0.397. The van der Waals surface area contributed by atoms with Crippen LogP contribution in [0.2, 0.25) is 0 Å². The van der Waals surface area contributed by atoms with Crippen molar-refractivity contribution >= 4 is 17.1 Å². The average molecular weight is 642 g/mol. The van der Waals surface area contributed by atoms with Crippen LogP contribution in [0.3, 0.4) is 0 Å². The molecule has 48 heavy (non-hydrogen) atoms. The number of nitrogens with zero attached hydrogens (tertiary/aromatic N) is 1. The fourth-order valence-electron chi connectivity index (χ4n) is 8.09. The fourth-order valence-corrected chi connectivity index (χ4v) is 8.09. The normalized spacial score (nSPS) is 13.7. The van der Waals surface area contributed by atoms with Gasteiger partial charge < -0.3 is 4.90 Å². The molecule has 256 valence electrons. The Hall–Kier alpha value is -3.32. The first-order valence-corrected chi connectivity index (χ1v) is 19.6. The summed E-state index contributed by atoms with van der Waals surface area (Å²) in [6.45, 7) is 13.8. The average Bonchev–Trinajstić information content (AvgIpc) is 3.37. The van der Waals surface area contributed by atoms with Crippen LogP contribution in [-0.4, -0.2) is 0 Å². The summed E-state index contributed by atoms with van der Waals surface area (Å²) < 4.78 is 0. The quantitative estimate of drug-likeness (QED) is 0.0921. The number of aryl methyl sites for hydroxylation is 2. The maximum atomic E-state index is 2.65. The van der Waals surface area contributed by atoms with Gasteiger partial charge in [0.05, 0.1) is 0 Å². The van der Waals surface area contributed by atoms with Crippen LogP contribution in [0.15, 0.2) is 84.9 Å². The van der Waals surface area contributed by atoms with Crippen LogP contribution in [0.25, 0.3) is 11.1 Å². The predicted molar refractivity (Wildman–Crippen MR) is 212 cm³/mol. The van der Waals surface area contributed by atoms with E-state index in [1.54, 1.807) is 11.1 Å². The van der Waals surface area contributed by atoms with E-state index in [1.165, 1.54) is 141 Å². The first-order chi connectivity index (χ1) is 23.4. The standard InChI is InChI=1S/C47H63N/c1-7-10-12-14-16-18-32-47(33-19-17-15-13-11-8-2)45-34-39(38(6)9-3)24-30-43(45)44-31-29-42(35-46(44)47)48(40-25-20-36(4)21-26-40)41-27-22-37(5)23-28-41/h20-31,34-35,38H,7-19,32-33H2,1-6H3. The van der Waals surface area contributed by atoms with Crippen LogP contribution in [-0.2, 0) is 5.41 Å². The van der Waals surface area contributed by atoms with Crippen molar-refractivity contribution in [2.75, 3.05) is 4.90 Å². The van der Waals surface area contributed by atoms with Gasteiger partial charge in [0.15, 0.2) is 0 Å². The highest BCUT2D eigenvalue weighted by Crippen LogP contribution is 2.56. The molecule has 0 bridgehead atoms. The lowest BCUT2D eigenvalue weighted by Crippen LogP contribution is -2.26. The van der Waals surface area contributed by atoms with Crippen molar-refractivity contribution in [2.24, 2.45) is 0 Å². The van der Waals surface area contributed by atoms with Gasteiger partial charge in [-0.15, -0.1) is 0 Å². The minimum absolute atomic E-state index is 0.0614. The van der Waals surface area contributed by atoms with Crippen molar-refractivity contribution < 1.29 is 0 Å². The van der Waals surface area contributed by atoms with Gasteiger partial charge in [0.25, 0.3) is 0 Å². The molecule has 0 radical (unpaired) electrons. The molecule has 1 nitrogen and oxygen atoms in total. The number of rotatable bonds is 19. The summed E-state index contributed by atoms with van der Waals surface area (Å²) in [5, 5.41) is 0. The molecule has 1 heteroatoms. The highest BCUT2D eigenvalue weighted by molar-refractivity contribution is 5.86. The Morgan fingerprint density at radius 3 is 1.44 bits per heavy atom. The SMILES string of the molecule is CCCCCCCCC1(CCCCCCCC)c2cc(C(C)CC)ccc2-c2ccc(N(c3ccc(C)cc3)c3ccc(C)cc3)cc21. The third-order valence-corrected chi connectivity index (χ3v) is 11.3. The highest BCUT2D eigenvalue weighted by atomic mass is 15.1. The van der Waals surface area contributed by atoms with Crippen molar-refractivity contribution in [3.05, 3.63) is 113 Å². The second-order valence-corrected chi connectivity index (χ2v) is 15.0. The van der Waals surface area contributed by atoms with Gasteiger partial charge in [-0.2, -0.15) is 0 Å². The van der Waals surface area contributed by atoms with E-state index in [0.717, 1.165) is 0 Å². The molecule has 0 saturated carbocycles. The predicted octanol–water partition coefficient (Wildman–Crippen LogP) is 15.1. The Morgan fingerprint density at radius 1 is 0.500 bits per heavy atom. The summed E-state index contributed by atoms with van der Waals surface area (Å²) in [4.78, 5) is 2.48. The molecule has 0 aliphatic heterocycles. The van der Waals surface area contributed by atoms with Crippen LogP contribution in [0.1, 0.15) is 158 Å². The Kier molecular flexibility index (Phi) is 13.0. The zero-order valence-electron chi connectivity index (χ0n) is 31.2. The number of fused-ring (bicyclic) bond motifs is 3. The molecule has 1 aliphatic rings. The minimum atomic E-state index is 0.0614. The Morgan fingerprint density at radius 2 is 0.938 bits per heavy atom. The van der Waals surface area contributed by atoms with E-state index in [9.17, 15) is 0 Å². The minimum Gasteiger partial charge on any atom is -0.310 e. The van der Waals surface area contributed by atoms with Crippen LogP contribution in [0.4, 0.5) is 17.1 Å². The molecular formula is C47H63N. The number of hydrogen-bond donors (Lipinski definition) is 0. The fraction of sp³-hybridized carbons (Fsp3) is 0.489. The molecule has 4 aromatic carbocycles. The zero-order valence-corrected chi connectivity index (χ0v) is 31.2. The van der Waals surface area contributed by atoms with E-state index in [-0.39, 0.29) is 5.41 Å². The molecule has 0 fully saturated rings. The second kappa shape index (κ2) is 17.4. The molecule has 0 amide bonds. The van der Waals surface area contributed by atoms with Gasteiger partial charge in [-0.25, -0.2) is 0 Å². The van der Waals surface area contributed by atoms with E-state index in [2.05, 4.69) is 131 Å². The third kappa shape index (κ3) is 8.27. The van der Waals surface area contributed by atoms with Crippen molar-refractivity contribution in [1.29, 1.82) is 0 Å². The Balaban J connectivity index is 1.62. The van der Waals surface area contributed by atoms with E-state index < -0.39 is 0 Å². The molecule has 1 aliphatic carbocycles. The Bertz CT molecular complexity index is 1500. The summed E-state index contributed by atoms with van der Waals surface area (Å²) in [6.07, 6.45) is 19.8. The maximum absolute atomic E-state index is 2.65. The molecule has 0 saturated heterocycles. The second-order valence-electron chi connectivity index (χ2n) is 15.0. The maximum Gasteiger partial charge on any atom is 0.0465 e. The van der Waals surface area contributed by atoms with Gasteiger partial charge in [0, 0.05) is 22.5 Å². The largest absolute Gasteiger partial charge is 0.310 e. The van der Waals surface area contributed by atoms with E-state index >= 15 is 0 Å². The molecule has 4 aromatic rings. The van der Waals surface area contributed by atoms with Crippen LogP contribution in [0.5, 0.6) is 0 Å². The highest BCUT2D eigenvalue weighted by Gasteiger charge is 2.43. The van der Waals surface area contributed by atoms with Gasteiger partial charge in [-0.3, -0.25) is 0 Å². The summed E-state index contributed by atoms with van der Waals surface area (Å²) in [6, 6.07) is 33.2. The lowest BCUT2D eigenvalue weighted by Gasteiger charge is -2.34. The Labute approximate surface area is 294 Å². The van der Waals surface area contributed by atoms with Gasteiger partial charge in [-0.05, 0) is 103 Å². The number of anilines is 3. The molecular weight excluding hydrogens is 579 g/mol. The summed E-state index contributed by atoms with van der Waals surface area (Å²) in [5.74, 6) is 0.578. The topological polar surface area (TPSA) is 3.24 Å². The monoisotopic (exact) mass is 641 g/mol. The molecule has 0 N–H and O–H groups in total. The molecule has 0 spiro atoms. The molecule has 0 heterocycles. The van der Waals surface area contributed by atoms with Crippen molar-refractivity contribution in [3.8, 4) is 11.1 Å². The smallest absolute Gasteiger partial charge is 0.0465 e.